The van der Waals surface area contributed by atoms with Crippen LogP contribution in [-0.2, 0) is 14.8 Å². The van der Waals surface area contributed by atoms with Gasteiger partial charge in [0.15, 0.2) is 0 Å². The van der Waals surface area contributed by atoms with Gasteiger partial charge in [0.25, 0.3) is 0 Å². The van der Waals surface area contributed by atoms with Gasteiger partial charge in [-0.3, -0.25) is 4.79 Å². The van der Waals surface area contributed by atoms with Gasteiger partial charge in [-0.25, -0.2) is 8.42 Å². The average Bonchev–Trinajstić information content (AvgIpc) is 2.94. The fourth-order valence-corrected chi connectivity index (χ4v) is 4.61. The van der Waals surface area contributed by atoms with Crippen LogP contribution in [0.25, 0.3) is 10.8 Å². The van der Waals surface area contributed by atoms with Crippen LogP contribution in [0.4, 0.5) is 5.69 Å². The van der Waals surface area contributed by atoms with E-state index in [1.807, 2.05) is 6.07 Å². The minimum atomic E-state index is -3.60. The van der Waals surface area contributed by atoms with Crippen molar-refractivity contribution in [1.29, 1.82) is 0 Å². The third-order valence-corrected chi connectivity index (χ3v) is 5.92. The summed E-state index contributed by atoms with van der Waals surface area (Å²) in [5.74, 6) is -0.198. The molecular formula is C16H19N3O3S. The molecule has 7 heteroatoms. The van der Waals surface area contributed by atoms with Crippen LogP contribution in [0.15, 0.2) is 41.3 Å². The van der Waals surface area contributed by atoms with Crippen molar-refractivity contribution in [2.24, 2.45) is 5.73 Å². The quantitative estimate of drug-likeness (QED) is 0.891. The summed E-state index contributed by atoms with van der Waals surface area (Å²) in [4.78, 5) is 11.6. The predicted octanol–water partition coefficient (Wildman–Crippen LogP) is 1.52. The molecule has 1 saturated heterocycles. The monoisotopic (exact) mass is 333 g/mol. The van der Waals surface area contributed by atoms with Crippen LogP contribution in [0.5, 0.6) is 0 Å². The Balaban J connectivity index is 2.14. The maximum atomic E-state index is 12.9. The molecule has 23 heavy (non-hydrogen) atoms. The number of carbonyl (C=O) groups excluding carboxylic acids is 1. The number of anilines is 1. The van der Waals surface area contributed by atoms with Gasteiger partial charge < -0.3 is 11.1 Å². The van der Waals surface area contributed by atoms with Crippen molar-refractivity contribution in [2.45, 2.75) is 24.3 Å². The van der Waals surface area contributed by atoms with Crippen molar-refractivity contribution in [1.82, 2.24) is 4.31 Å². The summed E-state index contributed by atoms with van der Waals surface area (Å²) < 4.78 is 27.2. The van der Waals surface area contributed by atoms with Crippen molar-refractivity contribution in [3.05, 3.63) is 36.4 Å². The first kappa shape index (κ1) is 15.9. The van der Waals surface area contributed by atoms with Gasteiger partial charge >= 0.3 is 0 Å². The molecule has 1 amide bonds. The topological polar surface area (TPSA) is 92.5 Å². The molecule has 0 unspecified atom stereocenters. The predicted molar refractivity (Wildman–Crippen MR) is 89.6 cm³/mol. The van der Waals surface area contributed by atoms with Crippen molar-refractivity contribution in [2.75, 3.05) is 18.4 Å². The van der Waals surface area contributed by atoms with Gasteiger partial charge in [0.1, 0.15) is 0 Å². The number of fused-ring (bicyclic) bond motifs is 1. The molecule has 1 aliphatic rings. The number of hydrogen-bond donors (Lipinski definition) is 2. The van der Waals surface area contributed by atoms with Crippen molar-refractivity contribution in [3.63, 3.8) is 0 Å². The molecule has 3 N–H and O–H groups in total. The highest BCUT2D eigenvalue weighted by Crippen LogP contribution is 2.32. The third-order valence-electron chi connectivity index (χ3n) is 4.00. The van der Waals surface area contributed by atoms with Crippen LogP contribution in [0.2, 0.25) is 0 Å². The van der Waals surface area contributed by atoms with Crippen LogP contribution in [-0.4, -0.2) is 37.8 Å². The van der Waals surface area contributed by atoms with Crippen molar-refractivity contribution >= 4 is 32.4 Å². The van der Waals surface area contributed by atoms with Crippen LogP contribution >= 0.6 is 0 Å². The van der Waals surface area contributed by atoms with E-state index in [4.69, 9.17) is 5.73 Å². The summed E-state index contributed by atoms with van der Waals surface area (Å²) >= 11 is 0. The van der Waals surface area contributed by atoms with Gasteiger partial charge in [-0.05, 0) is 18.6 Å². The van der Waals surface area contributed by atoms with E-state index in [9.17, 15) is 13.2 Å². The Hall–Kier alpha value is -1.96. The lowest BCUT2D eigenvalue weighted by Crippen LogP contribution is -2.32. The maximum Gasteiger partial charge on any atom is 0.243 e. The highest BCUT2D eigenvalue weighted by Gasteiger charge is 2.32. The first-order valence-electron chi connectivity index (χ1n) is 7.44. The van der Waals surface area contributed by atoms with Gasteiger partial charge in [0.2, 0.25) is 15.9 Å². The zero-order valence-corrected chi connectivity index (χ0v) is 13.6. The Morgan fingerprint density at radius 2 is 1.91 bits per heavy atom. The van der Waals surface area contributed by atoms with Gasteiger partial charge in [-0.15, -0.1) is 0 Å². The molecule has 0 bridgehead atoms. The zero-order valence-electron chi connectivity index (χ0n) is 12.8. The van der Waals surface area contributed by atoms with Gasteiger partial charge in [0.05, 0.1) is 4.90 Å². The lowest BCUT2D eigenvalue weighted by atomic mass is 10.1. The molecule has 1 atom stereocenters. The van der Waals surface area contributed by atoms with E-state index in [0.29, 0.717) is 36.0 Å². The molecule has 2 aromatic carbocycles. The lowest BCUT2D eigenvalue weighted by molar-refractivity contribution is -0.114. The number of rotatable bonds is 3. The maximum absolute atomic E-state index is 12.9. The Labute approximate surface area is 135 Å². The number of amides is 1. The minimum Gasteiger partial charge on any atom is -0.326 e. The summed E-state index contributed by atoms with van der Waals surface area (Å²) in [5.41, 5.74) is 6.44. The van der Waals surface area contributed by atoms with Crippen LogP contribution in [0.3, 0.4) is 0 Å². The summed E-state index contributed by atoms with van der Waals surface area (Å²) in [6.07, 6.45) is 0.668. The summed E-state index contributed by atoms with van der Waals surface area (Å²) in [6, 6.07) is 10.2. The number of nitrogens with zero attached hydrogens (tertiary/aromatic N) is 1. The molecule has 0 saturated carbocycles. The molecule has 1 fully saturated rings. The molecule has 0 spiro atoms. The Morgan fingerprint density at radius 1 is 1.22 bits per heavy atom. The smallest absolute Gasteiger partial charge is 0.243 e. The second-order valence-corrected chi connectivity index (χ2v) is 7.66. The first-order valence-corrected chi connectivity index (χ1v) is 8.88. The normalized spacial score (nSPS) is 19.1. The number of hydrogen-bond acceptors (Lipinski definition) is 4. The van der Waals surface area contributed by atoms with E-state index in [2.05, 4.69) is 5.32 Å². The van der Waals surface area contributed by atoms with Crippen LogP contribution in [0, 0.1) is 0 Å². The SMILES string of the molecule is CC(=O)Nc1ccc(S(=O)(=O)N2CC[C@@H](N)C2)c2ccccc12. The fourth-order valence-electron chi connectivity index (χ4n) is 2.91. The highest BCUT2D eigenvalue weighted by molar-refractivity contribution is 7.89. The lowest BCUT2D eigenvalue weighted by Gasteiger charge is -2.18. The molecule has 1 aliphatic heterocycles. The molecule has 122 valence electrons. The molecular weight excluding hydrogens is 314 g/mol. The van der Waals surface area contributed by atoms with Crippen molar-refractivity contribution < 1.29 is 13.2 Å². The minimum absolute atomic E-state index is 0.116. The molecule has 0 radical (unpaired) electrons. The number of benzene rings is 2. The van der Waals surface area contributed by atoms with E-state index in [1.54, 1.807) is 30.3 Å². The van der Waals surface area contributed by atoms with Crippen LogP contribution in [0.1, 0.15) is 13.3 Å². The molecule has 3 rings (SSSR count). The first-order chi connectivity index (χ1) is 10.9. The third kappa shape index (κ3) is 2.95. The Bertz CT molecular complexity index is 864. The number of carbonyl (C=O) groups is 1. The second-order valence-electron chi connectivity index (χ2n) is 5.75. The molecule has 2 aromatic rings. The van der Waals surface area contributed by atoms with Gasteiger partial charge in [0, 0.05) is 42.5 Å². The molecule has 0 aliphatic carbocycles. The van der Waals surface area contributed by atoms with E-state index < -0.39 is 10.0 Å². The molecule has 0 aromatic heterocycles. The van der Waals surface area contributed by atoms with Crippen LogP contribution < -0.4 is 11.1 Å². The molecule has 1 heterocycles. The highest BCUT2D eigenvalue weighted by atomic mass is 32.2. The van der Waals surface area contributed by atoms with Gasteiger partial charge in [-0.2, -0.15) is 4.31 Å². The summed E-state index contributed by atoms with van der Waals surface area (Å²) in [6.45, 7) is 2.19. The number of sulfonamides is 1. The number of nitrogens with two attached hydrogens (primary N) is 1. The van der Waals surface area contributed by atoms with E-state index in [0.717, 1.165) is 0 Å². The van der Waals surface area contributed by atoms with Crippen molar-refractivity contribution in [3.8, 4) is 0 Å². The van der Waals surface area contributed by atoms with E-state index >= 15 is 0 Å². The fraction of sp³-hybridized carbons (Fsp3) is 0.312. The van der Waals surface area contributed by atoms with E-state index in [1.165, 1.54) is 11.2 Å². The van der Waals surface area contributed by atoms with E-state index in [-0.39, 0.29) is 16.8 Å². The number of nitrogens with one attached hydrogen (secondary N) is 1. The van der Waals surface area contributed by atoms with Gasteiger partial charge in [-0.1, -0.05) is 24.3 Å². The largest absolute Gasteiger partial charge is 0.326 e. The Kier molecular flexibility index (Phi) is 4.09. The summed E-state index contributed by atoms with van der Waals surface area (Å²) in [5, 5.41) is 4.03. The standard InChI is InChI=1S/C16H19N3O3S/c1-11(20)18-15-6-7-16(14-5-3-2-4-13(14)15)23(21,22)19-9-8-12(17)10-19/h2-7,12H,8-10,17H2,1H3,(H,18,20)/t12-/m1/s1. The second kappa shape index (κ2) is 5.92. The average molecular weight is 333 g/mol. The Morgan fingerprint density at radius 3 is 2.52 bits per heavy atom. The summed E-state index contributed by atoms with van der Waals surface area (Å²) in [7, 11) is -3.60. The molecule has 6 nitrogen and oxygen atoms in total. The zero-order chi connectivity index (χ0) is 16.6.